The van der Waals surface area contributed by atoms with Gasteiger partial charge in [0.2, 0.25) is 0 Å². The zero-order valence-electron chi connectivity index (χ0n) is 11.1. The van der Waals surface area contributed by atoms with E-state index >= 15 is 0 Å². The predicted octanol–water partition coefficient (Wildman–Crippen LogP) is 1.72. The normalized spacial score (nSPS) is 16.6. The molecule has 2 aromatic heterocycles. The first kappa shape index (κ1) is 12.9. The van der Waals surface area contributed by atoms with Gasteiger partial charge in [-0.1, -0.05) is 12.5 Å². The third-order valence-corrected chi connectivity index (χ3v) is 3.73. The lowest BCUT2D eigenvalue weighted by Crippen LogP contribution is -2.29. The van der Waals surface area contributed by atoms with Crippen molar-refractivity contribution in [3.05, 3.63) is 29.7 Å². The van der Waals surface area contributed by atoms with E-state index in [1.807, 2.05) is 0 Å². The third kappa shape index (κ3) is 2.22. The Morgan fingerprint density at radius 3 is 2.70 bits per heavy atom. The van der Waals surface area contributed by atoms with Crippen molar-refractivity contribution in [1.82, 2.24) is 14.3 Å². The highest BCUT2D eigenvalue weighted by molar-refractivity contribution is 5.93. The van der Waals surface area contributed by atoms with Crippen LogP contribution in [0.5, 0.6) is 5.88 Å². The second kappa shape index (κ2) is 5.13. The molecule has 0 radical (unpaired) electrons. The summed E-state index contributed by atoms with van der Waals surface area (Å²) in [6.45, 7) is 2.54. The number of imidazole rings is 1. The summed E-state index contributed by atoms with van der Waals surface area (Å²) in [5, 5.41) is 19.2. The maximum Gasteiger partial charge on any atom is 0.356 e. The van der Waals surface area contributed by atoms with Crippen LogP contribution >= 0.6 is 0 Å². The summed E-state index contributed by atoms with van der Waals surface area (Å²) in [6.07, 6.45) is 3.55. The fraction of sp³-hybridized carbons (Fsp3) is 0.429. The molecule has 1 aliphatic rings. The fourth-order valence-electron chi connectivity index (χ4n) is 2.77. The molecule has 1 saturated heterocycles. The number of piperidine rings is 1. The van der Waals surface area contributed by atoms with Crippen molar-refractivity contribution in [2.45, 2.75) is 25.8 Å². The molecule has 0 amide bonds. The van der Waals surface area contributed by atoms with Gasteiger partial charge in [-0.15, -0.1) is 0 Å². The summed E-state index contributed by atoms with van der Waals surface area (Å²) >= 11 is 0. The van der Waals surface area contributed by atoms with Crippen molar-refractivity contribution in [2.24, 2.45) is 0 Å². The number of rotatable bonds is 3. The molecule has 3 heterocycles. The Hall–Kier alpha value is -2.08. The van der Waals surface area contributed by atoms with Gasteiger partial charge in [-0.25, -0.2) is 9.78 Å². The van der Waals surface area contributed by atoms with Gasteiger partial charge in [-0.05, 0) is 38.1 Å². The average Bonchev–Trinajstić information content (AvgIpc) is 2.80. The van der Waals surface area contributed by atoms with E-state index in [0.29, 0.717) is 17.9 Å². The molecule has 6 nitrogen and oxygen atoms in total. The standard InChI is InChI=1S/C14H17N3O3/c18-12-6-4-5-10-13(14(19)20)15-11(17(10)12)9-16-7-2-1-3-8-16/h4-6,18H,1-3,7-9H2,(H,19,20). The minimum absolute atomic E-state index is 0.00657. The smallest absolute Gasteiger partial charge is 0.356 e. The summed E-state index contributed by atoms with van der Waals surface area (Å²) in [7, 11) is 0. The van der Waals surface area contributed by atoms with Gasteiger partial charge in [0.1, 0.15) is 5.82 Å². The van der Waals surface area contributed by atoms with E-state index in [9.17, 15) is 15.0 Å². The minimum atomic E-state index is -1.07. The molecule has 1 aliphatic heterocycles. The van der Waals surface area contributed by atoms with Crippen LogP contribution in [0.25, 0.3) is 5.52 Å². The summed E-state index contributed by atoms with van der Waals surface area (Å²) in [5.74, 6) is -0.468. The van der Waals surface area contributed by atoms with Crippen LogP contribution in [-0.4, -0.2) is 43.6 Å². The first-order chi connectivity index (χ1) is 9.66. The quantitative estimate of drug-likeness (QED) is 0.891. The topological polar surface area (TPSA) is 78.1 Å². The maximum absolute atomic E-state index is 11.3. The number of aromatic carboxylic acids is 1. The number of carboxylic acid groups (broad SMARTS) is 1. The van der Waals surface area contributed by atoms with Crippen molar-refractivity contribution in [2.75, 3.05) is 13.1 Å². The Balaban J connectivity index is 2.03. The van der Waals surface area contributed by atoms with Gasteiger partial charge in [0.25, 0.3) is 0 Å². The zero-order chi connectivity index (χ0) is 14.1. The molecule has 0 spiro atoms. The van der Waals surface area contributed by atoms with Crippen LogP contribution in [0, 0.1) is 0 Å². The lowest BCUT2D eigenvalue weighted by molar-refractivity contribution is 0.0693. The molecule has 106 valence electrons. The van der Waals surface area contributed by atoms with Gasteiger partial charge in [-0.2, -0.15) is 0 Å². The van der Waals surface area contributed by atoms with Crippen LogP contribution in [0.3, 0.4) is 0 Å². The van der Waals surface area contributed by atoms with E-state index in [1.54, 1.807) is 18.2 Å². The first-order valence-corrected chi connectivity index (χ1v) is 6.82. The number of likely N-dealkylation sites (tertiary alicyclic amines) is 1. The number of pyridine rings is 1. The van der Waals surface area contributed by atoms with Crippen LogP contribution in [-0.2, 0) is 6.54 Å². The van der Waals surface area contributed by atoms with E-state index in [0.717, 1.165) is 25.9 Å². The summed E-state index contributed by atoms with van der Waals surface area (Å²) in [4.78, 5) is 17.7. The molecule has 3 rings (SSSR count). The van der Waals surface area contributed by atoms with E-state index in [-0.39, 0.29) is 11.6 Å². The molecule has 20 heavy (non-hydrogen) atoms. The van der Waals surface area contributed by atoms with Gasteiger partial charge in [0.05, 0.1) is 12.1 Å². The Kier molecular flexibility index (Phi) is 3.31. The zero-order valence-corrected chi connectivity index (χ0v) is 11.1. The lowest BCUT2D eigenvalue weighted by Gasteiger charge is -2.25. The largest absolute Gasteiger partial charge is 0.494 e. The minimum Gasteiger partial charge on any atom is -0.494 e. The van der Waals surface area contributed by atoms with Gasteiger partial charge in [0, 0.05) is 0 Å². The monoisotopic (exact) mass is 275 g/mol. The number of carbonyl (C=O) groups is 1. The highest BCUT2D eigenvalue weighted by Gasteiger charge is 2.20. The SMILES string of the molecule is O=C(O)c1nc(CN2CCCCC2)n2c(O)cccc12. The first-order valence-electron chi connectivity index (χ1n) is 6.82. The second-order valence-electron chi connectivity index (χ2n) is 5.12. The number of hydrogen-bond donors (Lipinski definition) is 2. The molecular weight excluding hydrogens is 258 g/mol. The highest BCUT2D eigenvalue weighted by Crippen LogP contribution is 2.22. The molecule has 0 aliphatic carbocycles. The Morgan fingerprint density at radius 2 is 2.00 bits per heavy atom. The van der Waals surface area contributed by atoms with Crippen LogP contribution in [0.4, 0.5) is 0 Å². The molecule has 6 heteroatoms. The van der Waals surface area contributed by atoms with Crippen molar-refractivity contribution in [1.29, 1.82) is 0 Å². The molecular formula is C14H17N3O3. The number of aromatic hydroxyl groups is 1. The van der Waals surface area contributed by atoms with Crippen LogP contribution < -0.4 is 0 Å². The number of nitrogens with zero attached hydrogens (tertiary/aromatic N) is 3. The Morgan fingerprint density at radius 1 is 1.25 bits per heavy atom. The molecule has 0 unspecified atom stereocenters. The van der Waals surface area contributed by atoms with Crippen molar-refractivity contribution >= 4 is 11.5 Å². The summed E-state index contributed by atoms with van der Waals surface area (Å²) in [5.41, 5.74) is 0.428. The number of carboxylic acids is 1. The van der Waals surface area contributed by atoms with Crippen molar-refractivity contribution in [3.63, 3.8) is 0 Å². The number of hydrogen-bond acceptors (Lipinski definition) is 4. The Bertz CT molecular complexity index is 644. The van der Waals surface area contributed by atoms with Gasteiger partial charge >= 0.3 is 5.97 Å². The molecule has 0 atom stereocenters. The van der Waals surface area contributed by atoms with E-state index in [4.69, 9.17) is 0 Å². The van der Waals surface area contributed by atoms with Crippen LogP contribution in [0.2, 0.25) is 0 Å². The number of aromatic nitrogens is 2. The molecule has 0 saturated carbocycles. The molecule has 2 aromatic rings. The fourth-order valence-corrected chi connectivity index (χ4v) is 2.77. The highest BCUT2D eigenvalue weighted by atomic mass is 16.4. The predicted molar refractivity (Wildman–Crippen MR) is 72.9 cm³/mol. The van der Waals surface area contributed by atoms with Gasteiger partial charge < -0.3 is 10.2 Å². The number of fused-ring (bicyclic) bond motifs is 1. The van der Waals surface area contributed by atoms with Crippen LogP contribution in [0.15, 0.2) is 18.2 Å². The molecule has 0 aromatic carbocycles. The van der Waals surface area contributed by atoms with E-state index < -0.39 is 5.97 Å². The molecule has 1 fully saturated rings. The third-order valence-electron chi connectivity index (χ3n) is 3.73. The van der Waals surface area contributed by atoms with E-state index in [2.05, 4.69) is 9.88 Å². The molecule has 2 N–H and O–H groups in total. The van der Waals surface area contributed by atoms with Crippen LogP contribution in [0.1, 0.15) is 35.6 Å². The van der Waals surface area contributed by atoms with Crippen molar-refractivity contribution < 1.29 is 15.0 Å². The second-order valence-corrected chi connectivity index (χ2v) is 5.12. The average molecular weight is 275 g/mol. The Labute approximate surface area is 116 Å². The molecule has 0 bridgehead atoms. The maximum atomic E-state index is 11.3. The van der Waals surface area contributed by atoms with Crippen molar-refractivity contribution in [3.8, 4) is 5.88 Å². The summed E-state index contributed by atoms with van der Waals surface area (Å²) in [6, 6.07) is 4.83. The van der Waals surface area contributed by atoms with E-state index in [1.165, 1.54) is 10.8 Å². The summed E-state index contributed by atoms with van der Waals surface area (Å²) < 4.78 is 1.53. The lowest BCUT2D eigenvalue weighted by atomic mass is 10.1. The van der Waals surface area contributed by atoms with Gasteiger partial charge in [-0.3, -0.25) is 9.30 Å². The van der Waals surface area contributed by atoms with Gasteiger partial charge in [0.15, 0.2) is 11.6 Å².